The number of hydrogen-bond donors (Lipinski definition) is 0. The molecule has 0 spiro atoms. The largest absolute Gasteiger partial charge is 0.468 e. The third-order valence-electron chi connectivity index (χ3n) is 4.75. The van der Waals surface area contributed by atoms with Gasteiger partial charge in [-0.25, -0.2) is 4.79 Å². The van der Waals surface area contributed by atoms with Crippen LogP contribution in [0.3, 0.4) is 0 Å². The number of furan rings is 1. The number of esters is 1. The van der Waals surface area contributed by atoms with Crippen LogP contribution in [0.15, 0.2) is 46.2 Å². The molecular weight excluding hydrogens is 392 g/mol. The lowest BCUT2D eigenvalue weighted by Gasteiger charge is -2.28. The van der Waals surface area contributed by atoms with Crippen LogP contribution < -0.4 is 4.90 Å². The van der Waals surface area contributed by atoms with Crippen LogP contribution in [-0.2, 0) is 15.2 Å². The molecule has 1 aliphatic rings. The lowest BCUT2D eigenvalue weighted by atomic mass is 10.2. The van der Waals surface area contributed by atoms with Gasteiger partial charge in [-0.05, 0) is 24.6 Å². The zero-order valence-corrected chi connectivity index (χ0v) is 17.1. The molecule has 3 aromatic rings. The molecule has 152 valence electrons. The van der Waals surface area contributed by atoms with Gasteiger partial charge in [0.25, 0.3) is 0 Å². The van der Waals surface area contributed by atoms with Gasteiger partial charge in [0.15, 0.2) is 5.16 Å². The average Bonchev–Trinajstić information content (AvgIpc) is 3.39. The molecule has 8 nitrogen and oxygen atoms in total. The van der Waals surface area contributed by atoms with Crippen molar-refractivity contribution in [2.75, 3.05) is 38.3 Å². The predicted molar refractivity (Wildman–Crippen MR) is 109 cm³/mol. The number of hydrogen-bond acceptors (Lipinski definition) is 8. The number of methoxy groups -OCH3 is 1. The first kappa shape index (κ1) is 19.5. The van der Waals surface area contributed by atoms with Crippen molar-refractivity contribution in [1.29, 1.82) is 0 Å². The molecule has 1 fully saturated rings. The quantitative estimate of drug-likeness (QED) is 0.450. The predicted octanol–water partition coefficient (Wildman–Crippen LogP) is 3.08. The number of para-hydroxylation sites is 1. The van der Waals surface area contributed by atoms with Crippen LogP contribution in [0.5, 0.6) is 0 Å². The van der Waals surface area contributed by atoms with E-state index in [4.69, 9.17) is 13.9 Å². The first-order valence-corrected chi connectivity index (χ1v) is 10.3. The maximum absolute atomic E-state index is 11.9. The summed E-state index contributed by atoms with van der Waals surface area (Å²) in [6, 6.07) is 9.75. The summed E-state index contributed by atoms with van der Waals surface area (Å²) < 4.78 is 17.9. The number of thioether (sulfide) groups is 1. The number of aromatic nitrogens is 3. The van der Waals surface area contributed by atoms with Crippen LogP contribution in [-0.4, -0.2) is 54.1 Å². The van der Waals surface area contributed by atoms with Crippen LogP contribution in [0.25, 0.3) is 5.69 Å². The van der Waals surface area contributed by atoms with Crippen molar-refractivity contribution in [1.82, 2.24) is 14.8 Å². The van der Waals surface area contributed by atoms with E-state index < -0.39 is 5.97 Å². The Morgan fingerprint density at radius 3 is 2.76 bits per heavy atom. The van der Waals surface area contributed by atoms with Crippen molar-refractivity contribution in [3.8, 4) is 5.69 Å². The van der Waals surface area contributed by atoms with Gasteiger partial charge in [0, 0.05) is 13.1 Å². The Kier molecular flexibility index (Phi) is 5.86. The molecule has 4 rings (SSSR count). The van der Waals surface area contributed by atoms with Crippen LogP contribution in [0.2, 0.25) is 0 Å². The third-order valence-corrected chi connectivity index (χ3v) is 5.68. The van der Waals surface area contributed by atoms with E-state index in [0.717, 1.165) is 35.4 Å². The minimum Gasteiger partial charge on any atom is -0.468 e. The number of anilines is 1. The van der Waals surface area contributed by atoms with E-state index in [2.05, 4.69) is 38.7 Å². The Balaban J connectivity index is 1.67. The molecule has 0 amide bonds. The summed E-state index contributed by atoms with van der Waals surface area (Å²) in [6.07, 6.45) is 1.49. The molecule has 1 aromatic carbocycles. The van der Waals surface area contributed by atoms with E-state index in [0.29, 0.717) is 30.3 Å². The number of benzene rings is 1. The van der Waals surface area contributed by atoms with E-state index in [1.54, 1.807) is 6.07 Å². The minimum absolute atomic E-state index is 0.413. The van der Waals surface area contributed by atoms with Gasteiger partial charge in [-0.15, -0.1) is 10.2 Å². The number of ether oxygens (including phenoxy) is 2. The highest BCUT2D eigenvalue weighted by Crippen LogP contribution is 2.31. The number of rotatable bonds is 6. The highest BCUT2D eigenvalue weighted by atomic mass is 32.2. The molecule has 29 heavy (non-hydrogen) atoms. The summed E-state index contributed by atoms with van der Waals surface area (Å²) in [5.41, 5.74) is 2.57. The first-order valence-electron chi connectivity index (χ1n) is 9.30. The molecule has 3 heterocycles. The normalized spacial score (nSPS) is 14.2. The van der Waals surface area contributed by atoms with Gasteiger partial charge in [0.1, 0.15) is 11.3 Å². The zero-order chi connectivity index (χ0) is 20.2. The first-order chi connectivity index (χ1) is 14.2. The van der Waals surface area contributed by atoms with Gasteiger partial charge in [-0.1, -0.05) is 30.0 Å². The van der Waals surface area contributed by atoms with Crippen molar-refractivity contribution in [3.05, 3.63) is 53.5 Å². The van der Waals surface area contributed by atoms with Gasteiger partial charge in [-0.2, -0.15) is 0 Å². The second kappa shape index (κ2) is 8.71. The maximum Gasteiger partial charge on any atom is 0.341 e. The molecule has 0 saturated carbocycles. The van der Waals surface area contributed by atoms with Gasteiger partial charge in [0.05, 0.1) is 38.0 Å². The topological polar surface area (TPSA) is 82.6 Å². The number of carbonyl (C=O) groups excluding carboxylic acids is 1. The molecule has 9 heteroatoms. The van der Waals surface area contributed by atoms with Crippen LogP contribution in [0.4, 0.5) is 5.95 Å². The minimum atomic E-state index is -0.413. The molecule has 0 N–H and O–H groups in total. The highest BCUT2D eigenvalue weighted by Gasteiger charge is 2.23. The Hall–Kier alpha value is -2.78. The molecule has 0 unspecified atom stereocenters. The standard InChI is InChI=1S/C20H22N4O4S/c1-14-5-3-4-6-16(14)24-19(23-8-11-27-12-9-23)21-22-20(24)29-13-17-15(7-10-28-17)18(25)26-2/h3-7,10H,8-9,11-13H2,1-2H3. The fourth-order valence-corrected chi connectivity index (χ4v) is 4.11. The SMILES string of the molecule is COC(=O)c1ccoc1CSc1nnc(N2CCOCC2)n1-c1ccccc1C. The Bertz CT molecular complexity index is 994. The molecule has 0 aliphatic carbocycles. The van der Waals surface area contributed by atoms with Crippen LogP contribution in [0, 0.1) is 6.92 Å². The van der Waals surface area contributed by atoms with Gasteiger partial charge in [-0.3, -0.25) is 4.57 Å². The van der Waals surface area contributed by atoms with Crippen molar-refractivity contribution >= 4 is 23.7 Å². The van der Waals surface area contributed by atoms with Crippen molar-refractivity contribution in [2.45, 2.75) is 17.8 Å². The summed E-state index contributed by atoms with van der Waals surface area (Å²) in [5.74, 6) is 1.36. The van der Waals surface area contributed by atoms with Gasteiger partial charge >= 0.3 is 5.97 Å². The summed E-state index contributed by atoms with van der Waals surface area (Å²) in [4.78, 5) is 14.1. The van der Waals surface area contributed by atoms with E-state index in [-0.39, 0.29) is 0 Å². The summed E-state index contributed by atoms with van der Waals surface area (Å²) >= 11 is 1.47. The fraction of sp³-hybridized carbons (Fsp3) is 0.350. The lowest BCUT2D eigenvalue weighted by Crippen LogP contribution is -2.38. The van der Waals surface area contributed by atoms with Crippen molar-refractivity contribution in [3.63, 3.8) is 0 Å². The van der Waals surface area contributed by atoms with E-state index in [1.165, 1.54) is 25.1 Å². The molecular formula is C20H22N4O4S. The van der Waals surface area contributed by atoms with E-state index in [1.807, 2.05) is 12.1 Å². The molecule has 2 aromatic heterocycles. The second-order valence-electron chi connectivity index (χ2n) is 6.54. The number of morpholine rings is 1. The second-order valence-corrected chi connectivity index (χ2v) is 7.48. The fourth-order valence-electron chi connectivity index (χ4n) is 3.22. The van der Waals surface area contributed by atoms with E-state index in [9.17, 15) is 4.79 Å². The third kappa shape index (κ3) is 4.01. The highest BCUT2D eigenvalue weighted by molar-refractivity contribution is 7.98. The Labute approximate surface area is 172 Å². The number of carbonyl (C=O) groups is 1. The zero-order valence-electron chi connectivity index (χ0n) is 16.3. The number of aryl methyl sites for hydroxylation is 1. The van der Waals surface area contributed by atoms with Crippen LogP contribution in [0.1, 0.15) is 21.7 Å². The van der Waals surface area contributed by atoms with E-state index >= 15 is 0 Å². The van der Waals surface area contributed by atoms with Crippen molar-refractivity contribution in [2.24, 2.45) is 0 Å². The number of nitrogens with zero attached hydrogens (tertiary/aromatic N) is 4. The molecule has 0 atom stereocenters. The Morgan fingerprint density at radius 1 is 1.21 bits per heavy atom. The summed E-state index contributed by atoms with van der Waals surface area (Å²) in [7, 11) is 1.36. The molecule has 1 saturated heterocycles. The average molecular weight is 414 g/mol. The smallest absolute Gasteiger partial charge is 0.341 e. The van der Waals surface area contributed by atoms with Crippen LogP contribution >= 0.6 is 11.8 Å². The van der Waals surface area contributed by atoms with Crippen molar-refractivity contribution < 1.29 is 18.7 Å². The van der Waals surface area contributed by atoms with Gasteiger partial charge in [0.2, 0.25) is 5.95 Å². The summed E-state index contributed by atoms with van der Waals surface area (Å²) in [5, 5.41) is 9.64. The maximum atomic E-state index is 11.9. The summed E-state index contributed by atoms with van der Waals surface area (Å²) in [6.45, 7) is 4.92. The lowest BCUT2D eigenvalue weighted by molar-refractivity contribution is 0.0598. The van der Waals surface area contributed by atoms with Gasteiger partial charge < -0.3 is 18.8 Å². The molecule has 0 radical (unpaired) electrons. The molecule has 1 aliphatic heterocycles. The monoisotopic (exact) mass is 414 g/mol. The Morgan fingerprint density at radius 2 is 2.00 bits per heavy atom. The molecule has 0 bridgehead atoms.